The molecular formula is C11H11NO6. The van der Waals surface area contributed by atoms with Gasteiger partial charge in [-0.2, -0.15) is 0 Å². The maximum atomic E-state index is 11.8. The molecule has 96 valence electrons. The molecule has 1 aliphatic carbocycles. The van der Waals surface area contributed by atoms with Crippen LogP contribution in [0, 0.1) is 22.0 Å². The number of nitrogens with zero attached hydrogens (tertiary/aromatic N) is 1. The normalized spacial score (nSPS) is 20.7. The van der Waals surface area contributed by atoms with Gasteiger partial charge < -0.3 is 10.6 Å². The monoisotopic (exact) mass is 253 g/mol. The molecular weight excluding hydrogens is 242 g/mol. The molecule has 1 aromatic rings. The SMILES string of the molecule is O.O=C(c1cccc([N+](=O)[O-])c1)[C@H]1C[C@H]1C(=O)O. The largest absolute Gasteiger partial charge is 0.481 e. The first-order chi connectivity index (χ1) is 8.00. The van der Waals surface area contributed by atoms with Crippen molar-refractivity contribution in [3.63, 3.8) is 0 Å². The zero-order chi connectivity index (χ0) is 12.6. The van der Waals surface area contributed by atoms with E-state index in [1.165, 1.54) is 24.3 Å². The molecule has 7 nitrogen and oxygen atoms in total. The van der Waals surface area contributed by atoms with Crippen LogP contribution in [0.25, 0.3) is 0 Å². The minimum absolute atomic E-state index is 0. The maximum Gasteiger partial charge on any atom is 0.307 e. The molecule has 2 rings (SSSR count). The second-order valence-electron chi connectivity index (χ2n) is 3.96. The van der Waals surface area contributed by atoms with Gasteiger partial charge in [-0.05, 0) is 6.42 Å². The Balaban J connectivity index is 0.00000162. The van der Waals surface area contributed by atoms with Crippen LogP contribution in [0.5, 0.6) is 0 Å². The molecule has 0 aromatic heterocycles. The number of aliphatic carboxylic acids is 1. The number of ketones is 1. The summed E-state index contributed by atoms with van der Waals surface area (Å²) >= 11 is 0. The predicted molar refractivity (Wildman–Crippen MR) is 60.3 cm³/mol. The molecule has 0 bridgehead atoms. The molecule has 0 saturated heterocycles. The molecule has 1 aliphatic rings. The number of hydrogen-bond acceptors (Lipinski definition) is 4. The van der Waals surface area contributed by atoms with E-state index in [-0.39, 0.29) is 22.5 Å². The number of carboxylic acid groups (broad SMARTS) is 1. The topological polar surface area (TPSA) is 129 Å². The molecule has 1 saturated carbocycles. The highest BCUT2D eigenvalue weighted by atomic mass is 16.6. The fraction of sp³-hybridized carbons (Fsp3) is 0.273. The summed E-state index contributed by atoms with van der Waals surface area (Å²) in [6.45, 7) is 0. The Morgan fingerprint density at radius 2 is 2.00 bits per heavy atom. The number of non-ortho nitro benzene ring substituents is 1. The van der Waals surface area contributed by atoms with Gasteiger partial charge in [0.25, 0.3) is 5.69 Å². The van der Waals surface area contributed by atoms with Gasteiger partial charge in [0, 0.05) is 23.6 Å². The number of carbonyl (C=O) groups is 2. The quantitative estimate of drug-likeness (QED) is 0.479. The van der Waals surface area contributed by atoms with Crippen LogP contribution in [0.1, 0.15) is 16.8 Å². The van der Waals surface area contributed by atoms with Crippen molar-refractivity contribution in [3.8, 4) is 0 Å². The third-order valence-corrected chi connectivity index (χ3v) is 2.79. The molecule has 0 heterocycles. The molecule has 3 N–H and O–H groups in total. The van der Waals surface area contributed by atoms with E-state index < -0.39 is 22.7 Å². The third kappa shape index (κ3) is 2.51. The zero-order valence-corrected chi connectivity index (χ0v) is 9.20. The number of Topliss-reactive ketones (excluding diaryl/α,β-unsaturated/α-hetero) is 1. The Hall–Kier alpha value is -2.28. The highest BCUT2D eigenvalue weighted by molar-refractivity contribution is 6.03. The zero-order valence-electron chi connectivity index (χ0n) is 9.20. The standard InChI is InChI=1S/C11H9NO5.H2O/c13-10(8-5-9(8)11(14)15)6-2-1-3-7(4-6)12(16)17;/h1-4,8-9H,5H2,(H,14,15);1H2/t8-,9+;/m0./s1. The minimum Gasteiger partial charge on any atom is -0.481 e. The summed E-state index contributed by atoms with van der Waals surface area (Å²) in [7, 11) is 0. The van der Waals surface area contributed by atoms with Gasteiger partial charge in [0.15, 0.2) is 5.78 Å². The molecule has 0 amide bonds. The van der Waals surface area contributed by atoms with Crippen molar-refractivity contribution in [1.82, 2.24) is 0 Å². The van der Waals surface area contributed by atoms with E-state index in [2.05, 4.69) is 0 Å². The lowest BCUT2D eigenvalue weighted by Gasteiger charge is -1.99. The van der Waals surface area contributed by atoms with Crippen molar-refractivity contribution in [2.45, 2.75) is 6.42 Å². The predicted octanol–water partition coefficient (Wildman–Crippen LogP) is 0.673. The highest BCUT2D eigenvalue weighted by Crippen LogP contribution is 2.41. The van der Waals surface area contributed by atoms with Crippen LogP contribution in [0.2, 0.25) is 0 Å². The first kappa shape index (κ1) is 13.8. The maximum absolute atomic E-state index is 11.8. The van der Waals surface area contributed by atoms with Crippen molar-refractivity contribution in [2.24, 2.45) is 11.8 Å². The number of benzene rings is 1. The highest BCUT2D eigenvalue weighted by Gasteiger charge is 2.48. The number of carboxylic acids is 1. The number of nitro groups is 1. The summed E-state index contributed by atoms with van der Waals surface area (Å²) in [5.41, 5.74) is 0.0383. The van der Waals surface area contributed by atoms with Crippen molar-refractivity contribution >= 4 is 17.4 Å². The van der Waals surface area contributed by atoms with E-state index in [0.717, 1.165) is 0 Å². The molecule has 1 fully saturated rings. The van der Waals surface area contributed by atoms with Crippen LogP contribution < -0.4 is 0 Å². The van der Waals surface area contributed by atoms with E-state index in [1.807, 2.05) is 0 Å². The van der Waals surface area contributed by atoms with Crippen LogP contribution in [0.4, 0.5) is 5.69 Å². The third-order valence-electron chi connectivity index (χ3n) is 2.79. The van der Waals surface area contributed by atoms with Crippen molar-refractivity contribution < 1.29 is 25.1 Å². The van der Waals surface area contributed by atoms with Gasteiger partial charge in [-0.3, -0.25) is 19.7 Å². The van der Waals surface area contributed by atoms with E-state index in [9.17, 15) is 19.7 Å². The Kier molecular flexibility index (Phi) is 3.77. The van der Waals surface area contributed by atoms with Crippen LogP contribution in [-0.4, -0.2) is 27.3 Å². The summed E-state index contributed by atoms with van der Waals surface area (Å²) < 4.78 is 0. The first-order valence-electron chi connectivity index (χ1n) is 5.02. The van der Waals surface area contributed by atoms with Crippen molar-refractivity contribution in [2.75, 3.05) is 0 Å². The Labute approximate surface area is 102 Å². The van der Waals surface area contributed by atoms with Gasteiger partial charge in [-0.25, -0.2) is 0 Å². The number of rotatable bonds is 4. The van der Waals surface area contributed by atoms with Crippen LogP contribution in [0.15, 0.2) is 24.3 Å². The second-order valence-corrected chi connectivity index (χ2v) is 3.96. The van der Waals surface area contributed by atoms with Gasteiger partial charge in [0.2, 0.25) is 0 Å². The van der Waals surface area contributed by atoms with Gasteiger partial charge >= 0.3 is 5.97 Å². The van der Waals surface area contributed by atoms with E-state index in [0.29, 0.717) is 6.42 Å². The Morgan fingerprint density at radius 1 is 1.33 bits per heavy atom. The smallest absolute Gasteiger partial charge is 0.307 e. The lowest BCUT2D eigenvalue weighted by Crippen LogP contribution is -2.08. The molecule has 0 radical (unpaired) electrons. The summed E-state index contributed by atoms with van der Waals surface area (Å²) in [6, 6.07) is 5.36. The molecule has 18 heavy (non-hydrogen) atoms. The first-order valence-corrected chi connectivity index (χ1v) is 5.02. The summed E-state index contributed by atoms with van der Waals surface area (Å²) in [6.07, 6.45) is 0.316. The number of carbonyl (C=O) groups excluding carboxylic acids is 1. The molecule has 0 aliphatic heterocycles. The lowest BCUT2D eigenvalue weighted by atomic mass is 10.1. The van der Waals surface area contributed by atoms with Crippen LogP contribution >= 0.6 is 0 Å². The average Bonchev–Trinajstić information content (AvgIpc) is 3.08. The summed E-state index contributed by atoms with van der Waals surface area (Å²) in [5.74, 6) is -2.49. The number of hydrogen-bond donors (Lipinski definition) is 1. The Morgan fingerprint density at radius 3 is 2.50 bits per heavy atom. The average molecular weight is 253 g/mol. The van der Waals surface area contributed by atoms with E-state index in [1.54, 1.807) is 0 Å². The second kappa shape index (κ2) is 4.92. The fourth-order valence-electron chi connectivity index (χ4n) is 1.74. The molecule has 2 atom stereocenters. The molecule has 0 spiro atoms. The van der Waals surface area contributed by atoms with E-state index in [4.69, 9.17) is 5.11 Å². The van der Waals surface area contributed by atoms with Gasteiger partial charge in [-0.15, -0.1) is 0 Å². The van der Waals surface area contributed by atoms with Crippen LogP contribution in [0.3, 0.4) is 0 Å². The van der Waals surface area contributed by atoms with Gasteiger partial charge in [0.1, 0.15) is 0 Å². The molecule has 1 aromatic carbocycles. The lowest BCUT2D eigenvalue weighted by molar-refractivity contribution is -0.384. The summed E-state index contributed by atoms with van der Waals surface area (Å²) in [5, 5.41) is 19.2. The molecule has 7 heteroatoms. The van der Waals surface area contributed by atoms with Gasteiger partial charge in [0.05, 0.1) is 10.8 Å². The molecule has 0 unspecified atom stereocenters. The van der Waals surface area contributed by atoms with Crippen molar-refractivity contribution in [1.29, 1.82) is 0 Å². The van der Waals surface area contributed by atoms with E-state index >= 15 is 0 Å². The summed E-state index contributed by atoms with van der Waals surface area (Å²) in [4.78, 5) is 32.4. The van der Waals surface area contributed by atoms with Crippen molar-refractivity contribution in [3.05, 3.63) is 39.9 Å². The Bertz CT molecular complexity index is 512. The van der Waals surface area contributed by atoms with Crippen LogP contribution in [-0.2, 0) is 4.79 Å². The van der Waals surface area contributed by atoms with Gasteiger partial charge in [-0.1, -0.05) is 12.1 Å². The fourth-order valence-corrected chi connectivity index (χ4v) is 1.74. The minimum atomic E-state index is -0.992. The number of nitro benzene ring substituents is 1.